The zero-order chi connectivity index (χ0) is 42.8. The number of hydrogen-bond acceptors (Lipinski definition) is 18. The number of rotatable bonds is 12. The molecule has 0 spiro atoms. The second-order valence-electron chi connectivity index (χ2n) is 17.2. The summed E-state index contributed by atoms with van der Waals surface area (Å²) in [6.45, 7) is 10.7. The van der Waals surface area contributed by atoms with Gasteiger partial charge >= 0.3 is 0 Å². The summed E-state index contributed by atoms with van der Waals surface area (Å²) >= 11 is 0. The van der Waals surface area contributed by atoms with E-state index in [-0.39, 0.29) is 43.6 Å². The van der Waals surface area contributed by atoms with Crippen LogP contribution in [0.15, 0.2) is 24.3 Å². The molecule has 0 aliphatic carbocycles. The first-order valence-corrected chi connectivity index (χ1v) is 21.7. The lowest BCUT2D eigenvalue weighted by Crippen LogP contribution is -2.56. The molecule has 18 nitrogen and oxygen atoms in total. The highest BCUT2D eigenvalue weighted by molar-refractivity contribution is 5.30. The van der Waals surface area contributed by atoms with Crippen LogP contribution in [0.5, 0.6) is 11.5 Å². The van der Waals surface area contributed by atoms with Crippen LogP contribution in [0.2, 0.25) is 0 Å². The van der Waals surface area contributed by atoms with Crippen molar-refractivity contribution >= 4 is 0 Å². The van der Waals surface area contributed by atoms with E-state index in [4.69, 9.17) is 56.8 Å². The molecule has 342 valence electrons. The first-order valence-electron chi connectivity index (χ1n) is 21.7. The number of phenolic OH excluding ortho intramolecular Hbond substituents is 1. The number of aliphatic hydroxyl groups excluding tert-OH is 5. The molecule has 0 bridgehead atoms. The molecule has 22 atom stereocenters. The average Bonchev–Trinajstić information content (AvgIpc) is 3.18. The Morgan fingerprint density at radius 3 is 1.42 bits per heavy atom. The minimum atomic E-state index is -0.957. The Labute approximate surface area is 351 Å². The lowest BCUT2D eigenvalue weighted by molar-refractivity contribution is -0.340. The predicted molar refractivity (Wildman–Crippen MR) is 206 cm³/mol. The van der Waals surface area contributed by atoms with Gasteiger partial charge in [-0.25, -0.2) is 0 Å². The average molecular weight is 859 g/mol. The van der Waals surface area contributed by atoms with Gasteiger partial charge < -0.3 is 87.5 Å². The molecular formula is C42H66O18. The largest absolute Gasteiger partial charge is 0.508 e. The van der Waals surface area contributed by atoms with Gasteiger partial charge in [0.1, 0.15) is 35.9 Å². The van der Waals surface area contributed by atoms with Crippen molar-refractivity contribution in [3.63, 3.8) is 0 Å². The molecule has 0 amide bonds. The Bertz CT molecular complexity index is 1450. The first kappa shape index (κ1) is 46.2. The smallest absolute Gasteiger partial charge is 0.202 e. The number of aliphatic hydroxyl groups is 5. The Kier molecular flexibility index (Phi) is 15.7. The van der Waals surface area contributed by atoms with Crippen molar-refractivity contribution in [3.05, 3.63) is 24.3 Å². The van der Waals surface area contributed by atoms with E-state index in [0.29, 0.717) is 31.4 Å². The second-order valence-corrected chi connectivity index (χ2v) is 17.2. The molecule has 6 N–H and O–H groups in total. The highest BCUT2D eigenvalue weighted by Gasteiger charge is 2.47. The van der Waals surface area contributed by atoms with E-state index in [1.54, 1.807) is 46.8 Å². The molecule has 6 aliphatic heterocycles. The Balaban J connectivity index is 0.847. The summed E-state index contributed by atoms with van der Waals surface area (Å²) in [6.07, 6.45) is -11.9. The Morgan fingerprint density at radius 1 is 0.417 bits per heavy atom. The summed E-state index contributed by atoms with van der Waals surface area (Å²) in [5, 5.41) is 63.6. The van der Waals surface area contributed by atoms with E-state index in [9.17, 15) is 30.6 Å². The van der Waals surface area contributed by atoms with Gasteiger partial charge in [0.15, 0.2) is 31.5 Å². The van der Waals surface area contributed by atoms with Crippen molar-refractivity contribution in [2.24, 2.45) is 0 Å². The third-order valence-corrected chi connectivity index (χ3v) is 12.5. The summed E-state index contributed by atoms with van der Waals surface area (Å²) in [5.74, 6) is 0.612. The summed E-state index contributed by atoms with van der Waals surface area (Å²) in [5.41, 5.74) is 0. The third-order valence-electron chi connectivity index (χ3n) is 12.5. The van der Waals surface area contributed by atoms with Crippen LogP contribution in [0.25, 0.3) is 0 Å². The molecule has 7 rings (SSSR count). The van der Waals surface area contributed by atoms with Crippen molar-refractivity contribution < 1.29 is 87.5 Å². The van der Waals surface area contributed by atoms with Crippen LogP contribution in [0.1, 0.15) is 92.9 Å². The van der Waals surface area contributed by atoms with E-state index in [0.717, 1.165) is 0 Å². The van der Waals surface area contributed by atoms with Crippen LogP contribution in [0.3, 0.4) is 0 Å². The second kappa shape index (κ2) is 20.3. The van der Waals surface area contributed by atoms with Crippen LogP contribution in [-0.2, 0) is 52.1 Å². The molecule has 1 aromatic carbocycles. The number of phenols is 1. The first-order chi connectivity index (χ1) is 28.6. The Hall–Kier alpha value is -1.82. The summed E-state index contributed by atoms with van der Waals surface area (Å²) < 4.78 is 73.3. The van der Waals surface area contributed by atoms with E-state index in [1.807, 2.05) is 6.92 Å². The maximum atomic E-state index is 11.2. The van der Waals surface area contributed by atoms with E-state index in [2.05, 4.69) is 0 Å². The maximum absolute atomic E-state index is 11.2. The van der Waals surface area contributed by atoms with Gasteiger partial charge in [0.2, 0.25) is 6.29 Å². The molecule has 6 heterocycles. The van der Waals surface area contributed by atoms with Gasteiger partial charge in [0.05, 0.1) is 73.2 Å². The van der Waals surface area contributed by atoms with Gasteiger partial charge in [-0.1, -0.05) is 0 Å². The van der Waals surface area contributed by atoms with E-state index in [1.165, 1.54) is 12.1 Å². The monoisotopic (exact) mass is 858 g/mol. The molecular weight excluding hydrogens is 792 g/mol. The van der Waals surface area contributed by atoms with Gasteiger partial charge in [-0.05, 0) is 78.6 Å². The Morgan fingerprint density at radius 2 is 0.850 bits per heavy atom. The lowest BCUT2D eigenvalue weighted by atomic mass is 9.99. The lowest BCUT2D eigenvalue weighted by Gasteiger charge is -2.45. The van der Waals surface area contributed by atoms with Crippen LogP contribution in [0.4, 0.5) is 0 Å². The highest BCUT2D eigenvalue weighted by atomic mass is 16.8. The fourth-order valence-electron chi connectivity index (χ4n) is 8.92. The van der Waals surface area contributed by atoms with Crippen LogP contribution >= 0.6 is 0 Å². The van der Waals surface area contributed by atoms with Crippen molar-refractivity contribution in [1.29, 1.82) is 0 Å². The quantitative estimate of drug-likeness (QED) is 0.177. The summed E-state index contributed by atoms with van der Waals surface area (Å²) in [4.78, 5) is 0. The number of aromatic hydroxyl groups is 1. The fourth-order valence-corrected chi connectivity index (χ4v) is 8.92. The normalized spacial score (nSPS) is 48.0. The number of benzene rings is 1. The minimum absolute atomic E-state index is 0.108. The van der Waals surface area contributed by atoms with Crippen molar-refractivity contribution in [2.45, 2.75) is 228 Å². The molecule has 18 heteroatoms. The molecule has 6 saturated heterocycles. The van der Waals surface area contributed by atoms with E-state index < -0.39 is 123 Å². The zero-order valence-corrected chi connectivity index (χ0v) is 35.3. The third kappa shape index (κ3) is 11.5. The SMILES string of the molecule is C[C@@H]1O[C@@H](O[C@H]2[C@H](O)C[C@H](O[C@H]3[C@H](O)C[C@H](Oc4ccc(O)cc4)O[C@@H]3C)O[C@@H]2C)CC[C@@H]1O[C@H]1C[C@@H](O[C@H]2C[C@@H](O[C@H]3CC[C@H](O)[C@H](C)O3)[C@H](O)[C@@H](C)O2)[C@H](O)[C@@H](C)O1. The van der Waals surface area contributed by atoms with Gasteiger partial charge in [-0.2, -0.15) is 0 Å². The minimum Gasteiger partial charge on any atom is -0.508 e. The molecule has 0 saturated carbocycles. The number of hydrogen-bond donors (Lipinski definition) is 6. The van der Waals surface area contributed by atoms with Crippen LogP contribution in [0, 0.1) is 0 Å². The summed E-state index contributed by atoms with van der Waals surface area (Å²) in [6, 6.07) is 6.24. The predicted octanol–water partition coefficient (Wildman–Crippen LogP) is 2.09. The standard InChI is InChI=1S/C42H66O18/c1-19-27(44)11-13-33(49-19)57-31-17-38(52-21(3)39(31)47)58-32-18-37(51-22(4)40(32)48)56-30-12-14-34(50-20(30)2)59-41-23(5)54-36(16-29(41)46)60-42-24(6)53-35(15-28(42)45)55-26-9-7-25(43)8-10-26/h7-10,19-24,27-48H,11-18H2,1-6H3/t19-,20-,21+,22+,23+,24+,27-,28+,29+,30-,31+,32+,33-,34-,35-,36-,37-,38-,39+,40+,41+,42+/m0/s1. The molecule has 0 radical (unpaired) electrons. The zero-order valence-electron chi connectivity index (χ0n) is 35.3. The summed E-state index contributed by atoms with van der Waals surface area (Å²) in [7, 11) is 0. The maximum Gasteiger partial charge on any atom is 0.202 e. The van der Waals surface area contributed by atoms with Crippen molar-refractivity contribution in [3.8, 4) is 11.5 Å². The molecule has 0 unspecified atom stereocenters. The topological polar surface area (TPSA) is 232 Å². The van der Waals surface area contributed by atoms with Crippen LogP contribution < -0.4 is 4.74 Å². The van der Waals surface area contributed by atoms with Crippen molar-refractivity contribution in [1.82, 2.24) is 0 Å². The molecule has 6 aliphatic rings. The number of ether oxygens (including phenoxy) is 12. The molecule has 60 heavy (non-hydrogen) atoms. The fraction of sp³-hybridized carbons (Fsp3) is 0.857. The molecule has 6 fully saturated rings. The highest BCUT2D eigenvalue weighted by Crippen LogP contribution is 2.36. The van der Waals surface area contributed by atoms with Gasteiger partial charge in [0.25, 0.3) is 0 Å². The molecule has 0 aromatic heterocycles. The van der Waals surface area contributed by atoms with E-state index >= 15 is 0 Å². The van der Waals surface area contributed by atoms with Gasteiger partial charge in [-0.15, -0.1) is 0 Å². The van der Waals surface area contributed by atoms with Crippen LogP contribution in [-0.4, -0.2) is 166 Å². The van der Waals surface area contributed by atoms with Crippen molar-refractivity contribution in [2.75, 3.05) is 0 Å². The molecule has 1 aromatic rings. The van der Waals surface area contributed by atoms with Gasteiger partial charge in [-0.3, -0.25) is 0 Å². The van der Waals surface area contributed by atoms with Gasteiger partial charge in [0, 0.05) is 38.5 Å².